The van der Waals surface area contributed by atoms with Crippen LogP contribution < -0.4 is 5.32 Å². The molecule has 0 amide bonds. The zero-order chi connectivity index (χ0) is 13.0. The standard InChI is InChI=1S/C15H18BrNO/c1-3-11-9-10-14(18-11)15(17-4-2)12-7-5-6-8-13(12)16/h5-10,15,17H,3-4H2,1-2H3. The van der Waals surface area contributed by atoms with Gasteiger partial charge in [-0.2, -0.15) is 0 Å². The number of halogens is 1. The van der Waals surface area contributed by atoms with Gasteiger partial charge in [0, 0.05) is 10.9 Å². The van der Waals surface area contributed by atoms with Gasteiger partial charge in [-0.15, -0.1) is 0 Å². The Balaban J connectivity index is 2.36. The average molecular weight is 308 g/mol. The molecule has 3 heteroatoms. The molecule has 0 fully saturated rings. The molecule has 0 spiro atoms. The topological polar surface area (TPSA) is 25.2 Å². The number of nitrogens with one attached hydrogen (secondary N) is 1. The Morgan fingerprint density at radius 1 is 1.17 bits per heavy atom. The van der Waals surface area contributed by atoms with E-state index in [4.69, 9.17) is 4.42 Å². The van der Waals surface area contributed by atoms with Crippen LogP contribution in [0.15, 0.2) is 45.3 Å². The van der Waals surface area contributed by atoms with Gasteiger partial charge in [0.05, 0.1) is 6.04 Å². The molecule has 0 radical (unpaired) electrons. The summed E-state index contributed by atoms with van der Waals surface area (Å²) >= 11 is 3.61. The van der Waals surface area contributed by atoms with Crippen molar-refractivity contribution >= 4 is 15.9 Å². The van der Waals surface area contributed by atoms with Crippen LogP contribution >= 0.6 is 15.9 Å². The highest BCUT2D eigenvalue weighted by Crippen LogP contribution is 2.29. The van der Waals surface area contributed by atoms with Crippen molar-refractivity contribution in [3.63, 3.8) is 0 Å². The van der Waals surface area contributed by atoms with Crippen molar-refractivity contribution in [2.75, 3.05) is 6.54 Å². The SMILES string of the molecule is CCNC(c1ccc(CC)o1)c1ccccc1Br. The van der Waals surface area contributed by atoms with Crippen molar-refractivity contribution in [1.29, 1.82) is 0 Å². The number of hydrogen-bond donors (Lipinski definition) is 1. The maximum atomic E-state index is 5.87. The molecule has 0 aliphatic carbocycles. The maximum absolute atomic E-state index is 5.87. The number of aryl methyl sites for hydroxylation is 1. The van der Waals surface area contributed by atoms with Crippen molar-refractivity contribution < 1.29 is 4.42 Å². The third kappa shape index (κ3) is 2.85. The zero-order valence-corrected chi connectivity index (χ0v) is 12.3. The monoisotopic (exact) mass is 307 g/mol. The minimum absolute atomic E-state index is 0.103. The first-order chi connectivity index (χ1) is 8.76. The third-order valence-electron chi connectivity index (χ3n) is 2.94. The summed E-state index contributed by atoms with van der Waals surface area (Å²) in [6.45, 7) is 5.10. The number of furan rings is 1. The lowest BCUT2D eigenvalue weighted by Crippen LogP contribution is -2.21. The van der Waals surface area contributed by atoms with E-state index in [1.54, 1.807) is 0 Å². The van der Waals surface area contributed by atoms with E-state index < -0.39 is 0 Å². The minimum Gasteiger partial charge on any atom is -0.464 e. The van der Waals surface area contributed by atoms with E-state index in [-0.39, 0.29) is 6.04 Å². The normalized spacial score (nSPS) is 12.6. The van der Waals surface area contributed by atoms with Crippen LogP contribution in [-0.2, 0) is 6.42 Å². The molecule has 1 aromatic heterocycles. The average Bonchev–Trinajstić information content (AvgIpc) is 2.85. The van der Waals surface area contributed by atoms with Gasteiger partial charge in [0.2, 0.25) is 0 Å². The molecule has 0 aliphatic rings. The molecule has 1 aromatic carbocycles. The highest BCUT2D eigenvalue weighted by molar-refractivity contribution is 9.10. The Morgan fingerprint density at radius 2 is 1.94 bits per heavy atom. The molecule has 1 atom stereocenters. The van der Waals surface area contributed by atoms with E-state index in [1.807, 2.05) is 12.1 Å². The summed E-state index contributed by atoms with van der Waals surface area (Å²) < 4.78 is 6.98. The second kappa shape index (κ2) is 6.21. The van der Waals surface area contributed by atoms with Crippen LogP contribution in [0.3, 0.4) is 0 Å². The lowest BCUT2D eigenvalue weighted by molar-refractivity contribution is 0.425. The maximum Gasteiger partial charge on any atom is 0.125 e. The fraction of sp³-hybridized carbons (Fsp3) is 0.333. The summed E-state index contributed by atoms with van der Waals surface area (Å²) in [7, 11) is 0. The lowest BCUT2D eigenvalue weighted by Gasteiger charge is -2.17. The third-order valence-corrected chi connectivity index (χ3v) is 3.66. The van der Waals surface area contributed by atoms with E-state index in [0.717, 1.165) is 29.0 Å². The van der Waals surface area contributed by atoms with Crippen molar-refractivity contribution in [3.8, 4) is 0 Å². The van der Waals surface area contributed by atoms with Crippen molar-refractivity contribution in [2.45, 2.75) is 26.3 Å². The molecule has 1 N–H and O–H groups in total. The summed E-state index contributed by atoms with van der Waals surface area (Å²) in [5.41, 5.74) is 1.20. The summed E-state index contributed by atoms with van der Waals surface area (Å²) in [6.07, 6.45) is 0.925. The molecule has 0 bridgehead atoms. The molecule has 0 saturated heterocycles. The van der Waals surface area contributed by atoms with Crippen LogP contribution in [0.25, 0.3) is 0 Å². The van der Waals surface area contributed by atoms with E-state index in [1.165, 1.54) is 5.56 Å². The Hall–Kier alpha value is -1.06. The molecule has 2 nitrogen and oxygen atoms in total. The summed E-state index contributed by atoms with van der Waals surface area (Å²) in [6, 6.07) is 12.5. The Kier molecular flexibility index (Phi) is 4.61. The van der Waals surface area contributed by atoms with E-state index in [2.05, 4.69) is 59.4 Å². The molecule has 2 rings (SSSR count). The smallest absolute Gasteiger partial charge is 0.125 e. The molecule has 2 aromatic rings. The predicted molar refractivity (Wildman–Crippen MR) is 77.7 cm³/mol. The largest absolute Gasteiger partial charge is 0.464 e. The fourth-order valence-electron chi connectivity index (χ4n) is 2.02. The predicted octanol–water partition coefficient (Wildman–Crippen LogP) is 4.30. The number of hydrogen-bond acceptors (Lipinski definition) is 2. The van der Waals surface area contributed by atoms with Gasteiger partial charge in [0.15, 0.2) is 0 Å². The summed E-state index contributed by atoms with van der Waals surface area (Å²) in [4.78, 5) is 0. The molecule has 18 heavy (non-hydrogen) atoms. The van der Waals surface area contributed by atoms with Gasteiger partial charge < -0.3 is 9.73 Å². The van der Waals surface area contributed by atoms with Crippen LogP contribution in [0.5, 0.6) is 0 Å². The minimum atomic E-state index is 0.103. The van der Waals surface area contributed by atoms with E-state index in [0.29, 0.717) is 0 Å². The molecule has 1 unspecified atom stereocenters. The van der Waals surface area contributed by atoms with Gasteiger partial charge in [0.1, 0.15) is 11.5 Å². The highest BCUT2D eigenvalue weighted by Gasteiger charge is 2.18. The number of rotatable bonds is 5. The van der Waals surface area contributed by atoms with Gasteiger partial charge in [-0.25, -0.2) is 0 Å². The van der Waals surface area contributed by atoms with Crippen LogP contribution in [0.2, 0.25) is 0 Å². The van der Waals surface area contributed by atoms with Crippen LogP contribution in [0, 0.1) is 0 Å². The summed E-state index contributed by atoms with van der Waals surface area (Å²) in [5.74, 6) is 2.00. The second-order valence-corrected chi connectivity index (χ2v) is 5.02. The fourth-order valence-corrected chi connectivity index (χ4v) is 2.53. The zero-order valence-electron chi connectivity index (χ0n) is 10.7. The van der Waals surface area contributed by atoms with E-state index >= 15 is 0 Å². The molecular weight excluding hydrogens is 290 g/mol. The van der Waals surface area contributed by atoms with Crippen molar-refractivity contribution in [2.24, 2.45) is 0 Å². The van der Waals surface area contributed by atoms with Gasteiger partial charge in [-0.1, -0.05) is 48.0 Å². The van der Waals surface area contributed by atoms with Crippen LogP contribution in [-0.4, -0.2) is 6.54 Å². The van der Waals surface area contributed by atoms with Crippen molar-refractivity contribution in [3.05, 3.63) is 58.0 Å². The first kappa shape index (κ1) is 13.4. The van der Waals surface area contributed by atoms with Crippen molar-refractivity contribution in [1.82, 2.24) is 5.32 Å². The Morgan fingerprint density at radius 3 is 2.56 bits per heavy atom. The van der Waals surface area contributed by atoms with Gasteiger partial charge in [-0.05, 0) is 30.3 Å². The quantitative estimate of drug-likeness (QED) is 0.890. The molecule has 0 aliphatic heterocycles. The molecule has 1 heterocycles. The first-order valence-electron chi connectivity index (χ1n) is 6.32. The van der Waals surface area contributed by atoms with E-state index in [9.17, 15) is 0 Å². The summed E-state index contributed by atoms with van der Waals surface area (Å²) in [5, 5.41) is 3.47. The second-order valence-electron chi connectivity index (χ2n) is 4.17. The van der Waals surface area contributed by atoms with Crippen LogP contribution in [0.1, 0.15) is 37.0 Å². The molecule has 0 saturated carbocycles. The molecule has 96 valence electrons. The number of benzene rings is 1. The highest BCUT2D eigenvalue weighted by atomic mass is 79.9. The van der Waals surface area contributed by atoms with Gasteiger partial charge in [0.25, 0.3) is 0 Å². The molecular formula is C15H18BrNO. The Bertz CT molecular complexity index is 507. The van der Waals surface area contributed by atoms with Crippen LogP contribution in [0.4, 0.5) is 0 Å². The van der Waals surface area contributed by atoms with Gasteiger partial charge in [-0.3, -0.25) is 0 Å². The Labute approximate surface area is 117 Å². The van der Waals surface area contributed by atoms with Gasteiger partial charge >= 0.3 is 0 Å². The first-order valence-corrected chi connectivity index (χ1v) is 7.12. The lowest BCUT2D eigenvalue weighted by atomic mass is 10.0.